The van der Waals surface area contributed by atoms with Crippen LogP contribution in [0.2, 0.25) is 0 Å². The Morgan fingerprint density at radius 3 is 2.56 bits per heavy atom. The monoisotopic (exact) mass is 401 g/mol. The summed E-state index contributed by atoms with van der Waals surface area (Å²) in [5.41, 5.74) is 2.42. The Hall–Kier alpha value is -2.19. The second kappa shape index (κ2) is 8.22. The molecule has 3 rings (SSSR count). The number of anilines is 1. The molecule has 0 bridgehead atoms. The summed E-state index contributed by atoms with van der Waals surface area (Å²) >= 11 is 2.78. The molecule has 0 fully saturated rings. The van der Waals surface area contributed by atoms with Gasteiger partial charge in [-0.2, -0.15) is 0 Å². The van der Waals surface area contributed by atoms with Crippen molar-refractivity contribution < 1.29 is 4.79 Å². The topological polar surface area (TPSA) is 72.7 Å². The van der Waals surface area contributed by atoms with Crippen LogP contribution < -0.4 is 5.32 Å². The van der Waals surface area contributed by atoms with E-state index >= 15 is 0 Å². The van der Waals surface area contributed by atoms with Crippen LogP contribution in [0.3, 0.4) is 0 Å². The maximum absolute atomic E-state index is 12.1. The zero-order valence-electron chi connectivity index (χ0n) is 15.9. The predicted molar refractivity (Wildman–Crippen MR) is 111 cm³/mol. The third-order valence-corrected chi connectivity index (χ3v) is 5.71. The number of nitrogens with zero attached hydrogens (tertiary/aromatic N) is 4. The van der Waals surface area contributed by atoms with Crippen LogP contribution in [0.5, 0.6) is 0 Å². The van der Waals surface area contributed by atoms with E-state index < -0.39 is 0 Å². The molecule has 2 heterocycles. The summed E-state index contributed by atoms with van der Waals surface area (Å²) in [4.78, 5) is 16.1. The van der Waals surface area contributed by atoms with Gasteiger partial charge in [-0.25, -0.2) is 4.98 Å². The van der Waals surface area contributed by atoms with Gasteiger partial charge in [-0.15, -0.1) is 21.5 Å². The number of aromatic nitrogens is 4. The van der Waals surface area contributed by atoms with E-state index in [-0.39, 0.29) is 17.1 Å². The van der Waals surface area contributed by atoms with E-state index in [1.165, 1.54) is 28.7 Å². The largest absolute Gasteiger partial charge is 0.302 e. The maximum atomic E-state index is 12.1. The van der Waals surface area contributed by atoms with E-state index in [0.717, 1.165) is 23.1 Å². The molecule has 3 aromatic rings. The molecule has 0 aliphatic rings. The van der Waals surface area contributed by atoms with Crippen molar-refractivity contribution in [2.45, 2.75) is 44.8 Å². The molecule has 0 radical (unpaired) electrons. The van der Waals surface area contributed by atoms with Gasteiger partial charge in [0.15, 0.2) is 16.1 Å². The van der Waals surface area contributed by atoms with Crippen molar-refractivity contribution in [3.05, 3.63) is 41.4 Å². The highest BCUT2D eigenvalue weighted by Crippen LogP contribution is 2.27. The highest BCUT2D eigenvalue weighted by atomic mass is 32.2. The predicted octanol–water partition coefficient (Wildman–Crippen LogP) is 4.45. The smallest absolute Gasteiger partial charge is 0.236 e. The summed E-state index contributed by atoms with van der Waals surface area (Å²) in [6.07, 6.45) is 1.67. The summed E-state index contributed by atoms with van der Waals surface area (Å²) in [6.45, 7) is 9.38. The van der Waals surface area contributed by atoms with Crippen molar-refractivity contribution in [3.63, 3.8) is 0 Å². The maximum Gasteiger partial charge on any atom is 0.236 e. The van der Waals surface area contributed by atoms with Crippen LogP contribution in [-0.2, 0) is 16.8 Å². The summed E-state index contributed by atoms with van der Waals surface area (Å²) in [7, 11) is 0. The number of carbonyl (C=O) groups is 1. The number of carbonyl (C=O) groups excluding carboxylic acids is 1. The average Bonchev–Trinajstić information content (AvgIpc) is 3.28. The Morgan fingerprint density at radius 2 is 1.96 bits per heavy atom. The van der Waals surface area contributed by atoms with Gasteiger partial charge in [0.05, 0.1) is 5.75 Å². The van der Waals surface area contributed by atoms with Crippen LogP contribution >= 0.6 is 23.1 Å². The number of hydrogen-bond donors (Lipinski definition) is 1. The summed E-state index contributed by atoms with van der Waals surface area (Å²) < 4.78 is 2.04. The number of nitrogens with one attached hydrogen (secondary N) is 1. The molecule has 0 atom stereocenters. The molecule has 0 unspecified atom stereocenters. The number of thioether (sulfide) groups is 1. The van der Waals surface area contributed by atoms with Gasteiger partial charge in [0.25, 0.3) is 0 Å². The van der Waals surface area contributed by atoms with E-state index in [0.29, 0.717) is 5.13 Å². The molecular weight excluding hydrogens is 378 g/mol. The Labute approximate surface area is 167 Å². The fourth-order valence-electron chi connectivity index (χ4n) is 2.58. The van der Waals surface area contributed by atoms with Crippen molar-refractivity contribution in [2.75, 3.05) is 11.1 Å². The van der Waals surface area contributed by atoms with E-state index in [4.69, 9.17) is 0 Å². The van der Waals surface area contributed by atoms with Gasteiger partial charge in [-0.05, 0) is 17.9 Å². The Morgan fingerprint density at radius 1 is 1.22 bits per heavy atom. The Balaban J connectivity index is 1.72. The minimum Gasteiger partial charge on any atom is -0.302 e. The van der Waals surface area contributed by atoms with Gasteiger partial charge in [0, 0.05) is 23.7 Å². The lowest BCUT2D eigenvalue weighted by molar-refractivity contribution is -0.113. The lowest BCUT2D eigenvalue weighted by Crippen LogP contribution is -2.14. The lowest BCUT2D eigenvalue weighted by atomic mass is 9.87. The second-order valence-electron chi connectivity index (χ2n) is 7.05. The first kappa shape index (κ1) is 19.6. The third-order valence-electron chi connectivity index (χ3n) is 4.05. The first-order valence-electron chi connectivity index (χ1n) is 8.74. The van der Waals surface area contributed by atoms with Crippen molar-refractivity contribution >= 4 is 34.1 Å². The third kappa shape index (κ3) is 4.75. The molecule has 0 spiro atoms. The van der Waals surface area contributed by atoms with Crippen LogP contribution in [0.15, 0.2) is 41.0 Å². The molecule has 2 aromatic heterocycles. The SMILES string of the molecule is CCn1c(SCC(=O)Nc2nccs2)nnc1-c1ccc(C(C)(C)C)cc1. The molecule has 0 aliphatic carbocycles. The molecule has 6 nitrogen and oxygen atoms in total. The van der Waals surface area contributed by atoms with Gasteiger partial charge < -0.3 is 9.88 Å². The van der Waals surface area contributed by atoms with Gasteiger partial charge >= 0.3 is 0 Å². The Bertz CT molecular complexity index is 895. The van der Waals surface area contributed by atoms with Crippen LogP contribution in [0.4, 0.5) is 5.13 Å². The van der Waals surface area contributed by atoms with Crippen LogP contribution in [0.1, 0.15) is 33.3 Å². The number of amides is 1. The van der Waals surface area contributed by atoms with Crippen LogP contribution in [0.25, 0.3) is 11.4 Å². The van der Waals surface area contributed by atoms with Crippen molar-refractivity contribution in [3.8, 4) is 11.4 Å². The number of rotatable bonds is 6. The zero-order valence-corrected chi connectivity index (χ0v) is 17.5. The molecule has 27 heavy (non-hydrogen) atoms. The number of hydrogen-bond acceptors (Lipinski definition) is 6. The Kier molecular flexibility index (Phi) is 5.96. The molecule has 0 aliphatic heterocycles. The van der Waals surface area contributed by atoms with Gasteiger partial charge in [0.2, 0.25) is 5.91 Å². The van der Waals surface area contributed by atoms with Crippen molar-refractivity contribution in [2.24, 2.45) is 0 Å². The quantitative estimate of drug-likeness (QED) is 0.618. The zero-order chi connectivity index (χ0) is 19.4. The lowest BCUT2D eigenvalue weighted by Gasteiger charge is -2.19. The van der Waals surface area contributed by atoms with Gasteiger partial charge in [-0.3, -0.25) is 4.79 Å². The molecular formula is C19H23N5OS2. The minimum absolute atomic E-state index is 0.100. The fourth-order valence-corrected chi connectivity index (χ4v) is 3.93. The highest BCUT2D eigenvalue weighted by Gasteiger charge is 2.17. The molecule has 142 valence electrons. The summed E-state index contributed by atoms with van der Waals surface area (Å²) in [5.74, 6) is 0.984. The molecule has 1 N–H and O–H groups in total. The molecule has 1 aromatic carbocycles. The highest BCUT2D eigenvalue weighted by molar-refractivity contribution is 7.99. The normalized spacial score (nSPS) is 11.6. The first-order chi connectivity index (χ1) is 12.9. The number of thiazole rings is 1. The summed E-state index contributed by atoms with van der Waals surface area (Å²) in [5, 5.41) is 14.6. The van der Waals surface area contributed by atoms with E-state index in [2.05, 4.69) is 72.5 Å². The fraction of sp³-hybridized carbons (Fsp3) is 0.368. The molecule has 0 saturated heterocycles. The van der Waals surface area contributed by atoms with E-state index in [9.17, 15) is 4.79 Å². The molecule has 0 saturated carbocycles. The van der Waals surface area contributed by atoms with Gasteiger partial charge in [-0.1, -0.05) is 56.8 Å². The minimum atomic E-state index is -0.100. The van der Waals surface area contributed by atoms with E-state index in [1.54, 1.807) is 6.20 Å². The van der Waals surface area contributed by atoms with E-state index in [1.807, 2.05) is 9.95 Å². The van der Waals surface area contributed by atoms with Crippen molar-refractivity contribution in [1.82, 2.24) is 19.7 Å². The van der Waals surface area contributed by atoms with Crippen LogP contribution in [0, 0.1) is 0 Å². The first-order valence-corrected chi connectivity index (χ1v) is 10.6. The van der Waals surface area contributed by atoms with Gasteiger partial charge in [0.1, 0.15) is 0 Å². The summed E-state index contributed by atoms with van der Waals surface area (Å²) in [6, 6.07) is 8.44. The average molecular weight is 402 g/mol. The second-order valence-corrected chi connectivity index (χ2v) is 8.89. The number of benzene rings is 1. The molecule has 8 heteroatoms. The van der Waals surface area contributed by atoms with Crippen LogP contribution in [-0.4, -0.2) is 31.4 Å². The molecule has 1 amide bonds. The standard InChI is InChI=1S/C19H23N5OS2/c1-5-24-16(13-6-8-14(9-7-13)19(2,3)4)22-23-18(24)27-12-15(25)21-17-20-10-11-26-17/h6-11H,5,12H2,1-4H3,(H,20,21,25). The van der Waals surface area contributed by atoms with Crippen molar-refractivity contribution in [1.29, 1.82) is 0 Å².